The van der Waals surface area contributed by atoms with Crippen LogP contribution < -0.4 is 10.5 Å². The second kappa shape index (κ2) is 6.44. The Morgan fingerprint density at radius 2 is 2.15 bits per heavy atom. The molecule has 0 aliphatic heterocycles. The molecule has 2 rings (SSSR count). The summed E-state index contributed by atoms with van der Waals surface area (Å²) in [5.74, 6) is 0.205. The third-order valence-electron chi connectivity index (χ3n) is 2.62. The molecule has 0 saturated carbocycles. The van der Waals surface area contributed by atoms with E-state index in [9.17, 15) is 10.1 Å². The summed E-state index contributed by atoms with van der Waals surface area (Å²) in [4.78, 5) is 14.7. The highest BCUT2D eigenvalue weighted by Crippen LogP contribution is 2.28. The van der Waals surface area contributed by atoms with Crippen LogP contribution in [0.3, 0.4) is 0 Å². The SMILES string of the molecule is NCc1ccc(OCc2ccc(Br)cn2)c([N+](=O)[O-])c1. The van der Waals surface area contributed by atoms with Gasteiger partial charge in [-0.3, -0.25) is 15.1 Å². The van der Waals surface area contributed by atoms with Gasteiger partial charge >= 0.3 is 5.69 Å². The number of aromatic nitrogens is 1. The van der Waals surface area contributed by atoms with E-state index < -0.39 is 4.92 Å². The first-order valence-corrected chi connectivity index (χ1v) is 6.60. The van der Waals surface area contributed by atoms with Gasteiger partial charge in [0, 0.05) is 23.3 Å². The molecule has 2 aromatic rings. The van der Waals surface area contributed by atoms with E-state index in [1.807, 2.05) is 6.07 Å². The minimum absolute atomic E-state index is 0.0925. The molecule has 0 amide bonds. The summed E-state index contributed by atoms with van der Waals surface area (Å²) in [6.07, 6.45) is 1.64. The fourth-order valence-electron chi connectivity index (χ4n) is 1.60. The van der Waals surface area contributed by atoms with Crippen molar-refractivity contribution in [2.24, 2.45) is 5.73 Å². The number of pyridine rings is 1. The van der Waals surface area contributed by atoms with Crippen molar-refractivity contribution in [3.63, 3.8) is 0 Å². The summed E-state index contributed by atoms with van der Waals surface area (Å²) < 4.78 is 6.32. The predicted molar refractivity (Wildman–Crippen MR) is 77.3 cm³/mol. The van der Waals surface area contributed by atoms with E-state index >= 15 is 0 Å². The van der Waals surface area contributed by atoms with Gasteiger partial charge in [0.05, 0.1) is 10.6 Å². The summed E-state index contributed by atoms with van der Waals surface area (Å²) in [5.41, 5.74) is 6.75. The predicted octanol–water partition coefficient (Wildman–Crippen LogP) is 2.79. The minimum Gasteiger partial charge on any atom is -0.480 e. The maximum Gasteiger partial charge on any atom is 0.311 e. The summed E-state index contributed by atoms with van der Waals surface area (Å²) in [6, 6.07) is 8.29. The standard InChI is InChI=1S/C13H12BrN3O3/c14-10-2-3-11(16-7-10)8-20-13-4-1-9(6-15)5-12(13)17(18)19/h1-5,7H,6,8,15H2. The van der Waals surface area contributed by atoms with E-state index in [1.165, 1.54) is 6.07 Å². The number of nitro groups is 1. The molecule has 0 aliphatic carbocycles. The van der Waals surface area contributed by atoms with E-state index in [-0.39, 0.29) is 24.6 Å². The Kier molecular flexibility index (Phi) is 4.65. The van der Waals surface area contributed by atoms with Gasteiger partial charge in [0.2, 0.25) is 0 Å². The van der Waals surface area contributed by atoms with Crippen molar-refractivity contribution in [3.05, 3.63) is 62.4 Å². The normalized spacial score (nSPS) is 10.3. The van der Waals surface area contributed by atoms with E-state index in [4.69, 9.17) is 10.5 Å². The smallest absolute Gasteiger partial charge is 0.311 e. The monoisotopic (exact) mass is 337 g/mol. The lowest BCUT2D eigenvalue weighted by Gasteiger charge is -2.07. The Balaban J connectivity index is 2.16. The Bertz CT molecular complexity index is 617. The summed E-state index contributed by atoms with van der Waals surface area (Å²) in [5, 5.41) is 11.0. The molecule has 0 saturated heterocycles. The number of hydrogen-bond acceptors (Lipinski definition) is 5. The van der Waals surface area contributed by atoms with Crippen molar-refractivity contribution in [1.29, 1.82) is 0 Å². The highest BCUT2D eigenvalue weighted by Gasteiger charge is 2.15. The molecule has 0 spiro atoms. The topological polar surface area (TPSA) is 91.3 Å². The lowest BCUT2D eigenvalue weighted by molar-refractivity contribution is -0.386. The first kappa shape index (κ1) is 14.4. The van der Waals surface area contributed by atoms with Crippen molar-refractivity contribution in [2.45, 2.75) is 13.2 Å². The molecule has 1 heterocycles. The molecule has 0 atom stereocenters. The molecule has 2 N–H and O–H groups in total. The van der Waals surface area contributed by atoms with Crippen molar-refractivity contribution in [1.82, 2.24) is 4.98 Å². The zero-order valence-corrected chi connectivity index (χ0v) is 12.0. The molecule has 7 heteroatoms. The Morgan fingerprint density at radius 1 is 1.35 bits per heavy atom. The molecule has 104 valence electrons. The van der Waals surface area contributed by atoms with Crippen LogP contribution in [0.4, 0.5) is 5.69 Å². The third kappa shape index (κ3) is 3.52. The van der Waals surface area contributed by atoms with Gasteiger partial charge in [0.25, 0.3) is 0 Å². The fourth-order valence-corrected chi connectivity index (χ4v) is 1.83. The summed E-state index contributed by atoms with van der Waals surface area (Å²) in [7, 11) is 0. The van der Waals surface area contributed by atoms with Crippen molar-refractivity contribution < 1.29 is 9.66 Å². The van der Waals surface area contributed by atoms with Gasteiger partial charge in [0.15, 0.2) is 5.75 Å². The lowest BCUT2D eigenvalue weighted by Crippen LogP contribution is -2.03. The van der Waals surface area contributed by atoms with E-state index in [0.29, 0.717) is 11.3 Å². The minimum atomic E-state index is -0.483. The molecule has 0 unspecified atom stereocenters. The number of rotatable bonds is 5. The molecule has 1 aromatic heterocycles. The second-order valence-corrected chi connectivity index (χ2v) is 4.94. The highest BCUT2D eigenvalue weighted by atomic mass is 79.9. The van der Waals surface area contributed by atoms with E-state index in [0.717, 1.165) is 4.47 Å². The number of nitrogens with two attached hydrogens (primary N) is 1. The number of nitro benzene ring substituents is 1. The number of ether oxygens (including phenoxy) is 1. The number of benzene rings is 1. The summed E-state index contributed by atoms with van der Waals surface area (Å²) >= 11 is 3.28. The van der Waals surface area contributed by atoms with Gasteiger partial charge in [0.1, 0.15) is 6.61 Å². The summed E-state index contributed by atoms with van der Waals surface area (Å²) in [6.45, 7) is 0.408. The van der Waals surface area contributed by atoms with Crippen molar-refractivity contribution in [3.8, 4) is 5.75 Å². The fraction of sp³-hybridized carbons (Fsp3) is 0.154. The average Bonchev–Trinajstić information content (AvgIpc) is 2.46. The quantitative estimate of drug-likeness (QED) is 0.669. The average molecular weight is 338 g/mol. The lowest BCUT2D eigenvalue weighted by atomic mass is 10.2. The van der Waals surface area contributed by atoms with Gasteiger partial charge in [-0.1, -0.05) is 6.07 Å². The third-order valence-corrected chi connectivity index (χ3v) is 3.09. The number of nitrogens with zero attached hydrogens (tertiary/aromatic N) is 2. The highest BCUT2D eigenvalue weighted by molar-refractivity contribution is 9.10. The van der Waals surface area contributed by atoms with Crippen LogP contribution in [0.15, 0.2) is 41.0 Å². The molecule has 20 heavy (non-hydrogen) atoms. The maximum atomic E-state index is 11.0. The zero-order valence-electron chi connectivity index (χ0n) is 10.5. The zero-order chi connectivity index (χ0) is 14.5. The van der Waals surface area contributed by atoms with Gasteiger partial charge in [-0.2, -0.15) is 0 Å². The molecule has 6 nitrogen and oxygen atoms in total. The van der Waals surface area contributed by atoms with Gasteiger partial charge < -0.3 is 10.5 Å². The van der Waals surface area contributed by atoms with E-state index in [2.05, 4.69) is 20.9 Å². The second-order valence-electron chi connectivity index (χ2n) is 4.02. The van der Waals surface area contributed by atoms with Gasteiger partial charge in [-0.25, -0.2) is 0 Å². The van der Waals surface area contributed by atoms with Crippen LogP contribution >= 0.6 is 15.9 Å². The Labute approximate surface area is 123 Å². The van der Waals surface area contributed by atoms with Crippen molar-refractivity contribution in [2.75, 3.05) is 0 Å². The van der Waals surface area contributed by atoms with Crippen LogP contribution in [0.5, 0.6) is 5.75 Å². The van der Waals surface area contributed by atoms with E-state index in [1.54, 1.807) is 24.4 Å². The Morgan fingerprint density at radius 3 is 2.75 bits per heavy atom. The molecule has 0 aliphatic rings. The maximum absolute atomic E-state index is 11.0. The van der Waals surface area contributed by atoms with Crippen LogP contribution in [0, 0.1) is 10.1 Å². The van der Waals surface area contributed by atoms with Crippen LogP contribution in [0.1, 0.15) is 11.3 Å². The first-order chi connectivity index (χ1) is 9.60. The molecule has 0 bridgehead atoms. The van der Waals surface area contributed by atoms with Crippen LogP contribution in [-0.4, -0.2) is 9.91 Å². The van der Waals surface area contributed by atoms with Crippen LogP contribution in [0.2, 0.25) is 0 Å². The molecular formula is C13H12BrN3O3. The van der Waals surface area contributed by atoms with Crippen LogP contribution in [-0.2, 0) is 13.2 Å². The molecule has 0 radical (unpaired) electrons. The molecule has 0 fully saturated rings. The molecule has 1 aromatic carbocycles. The number of hydrogen-bond donors (Lipinski definition) is 1. The van der Waals surface area contributed by atoms with Gasteiger partial charge in [-0.05, 0) is 39.7 Å². The Hall–Kier alpha value is -1.99. The molecular weight excluding hydrogens is 326 g/mol. The van der Waals surface area contributed by atoms with Crippen molar-refractivity contribution >= 4 is 21.6 Å². The van der Waals surface area contributed by atoms with Crippen LogP contribution in [0.25, 0.3) is 0 Å². The van der Waals surface area contributed by atoms with Gasteiger partial charge in [-0.15, -0.1) is 0 Å². The largest absolute Gasteiger partial charge is 0.480 e. The first-order valence-electron chi connectivity index (χ1n) is 5.81. The number of halogens is 1.